The number of halogens is 6. The SMILES string of the molecule is COc1ccc([C@@H](N)C(F)(F)F)cc1C(F)(F)F. The lowest BCUT2D eigenvalue weighted by molar-refractivity contribution is -0.150. The molecule has 2 N–H and O–H groups in total. The maximum atomic E-state index is 12.6. The standard InChI is InChI=1S/C10H9F6NO/c1-18-7-3-2-5(8(17)10(14,15)16)4-6(7)9(11,12)13/h2-4,8H,17H2,1H3/t8-/m1/s1. The highest BCUT2D eigenvalue weighted by Gasteiger charge is 2.40. The fourth-order valence-electron chi connectivity index (χ4n) is 1.33. The minimum absolute atomic E-state index is 0.344. The van der Waals surface area contributed by atoms with E-state index in [-0.39, 0.29) is 0 Å². The monoisotopic (exact) mass is 273 g/mol. The van der Waals surface area contributed by atoms with Crippen LogP contribution in [0.3, 0.4) is 0 Å². The average Bonchev–Trinajstić information content (AvgIpc) is 2.24. The van der Waals surface area contributed by atoms with E-state index in [9.17, 15) is 26.3 Å². The zero-order chi connectivity index (χ0) is 14.1. The van der Waals surface area contributed by atoms with Crippen molar-refractivity contribution in [3.8, 4) is 5.75 Å². The van der Waals surface area contributed by atoms with Gasteiger partial charge in [0.15, 0.2) is 0 Å². The molecule has 1 rings (SSSR count). The summed E-state index contributed by atoms with van der Waals surface area (Å²) in [4.78, 5) is 0. The molecule has 1 atom stereocenters. The molecule has 0 aliphatic rings. The Morgan fingerprint density at radius 2 is 1.67 bits per heavy atom. The summed E-state index contributed by atoms with van der Waals surface area (Å²) in [5, 5.41) is 0. The number of alkyl halides is 6. The van der Waals surface area contributed by atoms with Gasteiger partial charge in [0, 0.05) is 0 Å². The van der Waals surface area contributed by atoms with Gasteiger partial charge in [-0.25, -0.2) is 0 Å². The van der Waals surface area contributed by atoms with Crippen LogP contribution < -0.4 is 10.5 Å². The lowest BCUT2D eigenvalue weighted by Crippen LogP contribution is -2.28. The maximum absolute atomic E-state index is 12.6. The van der Waals surface area contributed by atoms with Gasteiger partial charge in [-0.2, -0.15) is 26.3 Å². The number of benzene rings is 1. The zero-order valence-corrected chi connectivity index (χ0v) is 9.06. The molecular weight excluding hydrogens is 264 g/mol. The van der Waals surface area contributed by atoms with Crippen molar-refractivity contribution in [1.29, 1.82) is 0 Å². The molecule has 0 spiro atoms. The number of rotatable bonds is 2. The Morgan fingerprint density at radius 1 is 1.11 bits per heavy atom. The summed E-state index contributed by atoms with van der Waals surface area (Å²) >= 11 is 0. The Balaban J connectivity index is 3.28. The number of methoxy groups -OCH3 is 1. The summed E-state index contributed by atoms with van der Waals surface area (Å²) in [5.74, 6) is -0.555. The second-order valence-corrected chi connectivity index (χ2v) is 3.48. The van der Waals surface area contributed by atoms with Crippen molar-refractivity contribution in [3.63, 3.8) is 0 Å². The first-order chi connectivity index (χ1) is 8.07. The Kier molecular flexibility index (Phi) is 3.80. The molecule has 0 bridgehead atoms. The molecule has 2 nitrogen and oxygen atoms in total. The van der Waals surface area contributed by atoms with Gasteiger partial charge in [-0.05, 0) is 17.7 Å². The quantitative estimate of drug-likeness (QED) is 0.839. The van der Waals surface area contributed by atoms with E-state index in [1.807, 2.05) is 0 Å². The van der Waals surface area contributed by atoms with Crippen LogP contribution in [0, 0.1) is 0 Å². The minimum Gasteiger partial charge on any atom is -0.496 e. The van der Waals surface area contributed by atoms with Crippen molar-refractivity contribution < 1.29 is 31.1 Å². The van der Waals surface area contributed by atoms with Gasteiger partial charge in [0.25, 0.3) is 0 Å². The second kappa shape index (κ2) is 4.68. The summed E-state index contributed by atoms with van der Waals surface area (Å²) < 4.78 is 79.1. The van der Waals surface area contributed by atoms with Crippen LogP contribution in [0.2, 0.25) is 0 Å². The number of hydrogen-bond donors (Lipinski definition) is 1. The smallest absolute Gasteiger partial charge is 0.419 e. The topological polar surface area (TPSA) is 35.2 Å². The molecule has 0 saturated heterocycles. The fourth-order valence-corrected chi connectivity index (χ4v) is 1.33. The molecule has 0 unspecified atom stereocenters. The van der Waals surface area contributed by atoms with Gasteiger partial charge >= 0.3 is 12.4 Å². The number of ether oxygens (including phenoxy) is 1. The first-order valence-corrected chi connectivity index (χ1v) is 4.64. The van der Waals surface area contributed by atoms with Crippen LogP contribution in [0.4, 0.5) is 26.3 Å². The van der Waals surface area contributed by atoms with E-state index in [1.165, 1.54) is 0 Å². The average molecular weight is 273 g/mol. The largest absolute Gasteiger partial charge is 0.496 e. The first kappa shape index (κ1) is 14.6. The normalized spacial score (nSPS) is 14.4. The third-order valence-corrected chi connectivity index (χ3v) is 2.24. The molecule has 0 fully saturated rings. The van der Waals surface area contributed by atoms with Crippen molar-refractivity contribution in [2.75, 3.05) is 7.11 Å². The lowest BCUT2D eigenvalue weighted by atomic mass is 10.0. The summed E-state index contributed by atoms with van der Waals surface area (Å²) in [6.07, 6.45) is -9.62. The van der Waals surface area contributed by atoms with E-state index in [4.69, 9.17) is 5.73 Å². The Labute approximate surface area is 98.3 Å². The second-order valence-electron chi connectivity index (χ2n) is 3.48. The van der Waals surface area contributed by atoms with E-state index in [0.29, 0.717) is 6.07 Å². The van der Waals surface area contributed by atoms with Crippen LogP contribution in [0.15, 0.2) is 18.2 Å². The van der Waals surface area contributed by atoms with E-state index in [2.05, 4.69) is 4.74 Å². The third kappa shape index (κ3) is 3.06. The molecule has 0 aliphatic heterocycles. The Hall–Kier alpha value is -1.44. The highest BCUT2D eigenvalue weighted by atomic mass is 19.4. The van der Waals surface area contributed by atoms with Crippen LogP contribution in [0.25, 0.3) is 0 Å². The Bertz CT molecular complexity index is 425. The minimum atomic E-state index is -4.81. The van der Waals surface area contributed by atoms with E-state index >= 15 is 0 Å². The van der Waals surface area contributed by atoms with Gasteiger partial charge in [-0.3, -0.25) is 0 Å². The van der Waals surface area contributed by atoms with Crippen LogP contribution in [0.1, 0.15) is 17.2 Å². The first-order valence-electron chi connectivity index (χ1n) is 4.64. The molecular formula is C10H9F6NO. The number of hydrogen-bond acceptors (Lipinski definition) is 2. The molecule has 0 saturated carbocycles. The van der Waals surface area contributed by atoms with Gasteiger partial charge < -0.3 is 10.5 Å². The highest BCUT2D eigenvalue weighted by Crippen LogP contribution is 2.39. The fraction of sp³-hybridized carbons (Fsp3) is 0.400. The van der Waals surface area contributed by atoms with Crippen molar-refractivity contribution in [1.82, 2.24) is 0 Å². The molecule has 8 heteroatoms. The Morgan fingerprint density at radius 3 is 2.06 bits per heavy atom. The van der Waals surface area contributed by atoms with Crippen molar-refractivity contribution in [2.45, 2.75) is 18.4 Å². The predicted octanol–water partition coefficient (Wildman–Crippen LogP) is 3.28. The molecule has 0 amide bonds. The summed E-state index contributed by atoms with van der Waals surface area (Å²) in [7, 11) is 0.994. The van der Waals surface area contributed by atoms with Crippen molar-refractivity contribution >= 4 is 0 Å². The van der Waals surface area contributed by atoms with Crippen LogP contribution in [-0.2, 0) is 6.18 Å². The highest BCUT2D eigenvalue weighted by molar-refractivity contribution is 5.40. The molecule has 0 aromatic heterocycles. The summed E-state index contributed by atoms with van der Waals surface area (Å²) in [6.45, 7) is 0. The van der Waals surface area contributed by atoms with Gasteiger partial charge in [0.1, 0.15) is 11.8 Å². The summed E-state index contributed by atoms with van der Waals surface area (Å²) in [5.41, 5.74) is 2.88. The van der Waals surface area contributed by atoms with Gasteiger partial charge in [-0.1, -0.05) is 6.07 Å². The van der Waals surface area contributed by atoms with E-state index in [1.54, 1.807) is 0 Å². The summed E-state index contributed by atoms with van der Waals surface area (Å²) in [6, 6.07) is -0.461. The number of nitrogens with two attached hydrogens (primary N) is 1. The van der Waals surface area contributed by atoms with E-state index in [0.717, 1.165) is 19.2 Å². The maximum Gasteiger partial charge on any atom is 0.419 e. The van der Waals surface area contributed by atoms with Crippen molar-refractivity contribution in [2.24, 2.45) is 5.73 Å². The molecule has 1 aromatic carbocycles. The molecule has 0 heterocycles. The zero-order valence-electron chi connectivity index (χ0n) is 9.06. The van der Waals surface area contributed by atoms with Crippen LogP contribution >= 0.6 is 0 Å². The van der Waals surface area contributed by atoms with Crippen LogP contribution in [-0.4, -0.2) is 13.3 Å². The molecule has 102 valence electrons. The molecule has 1 aromatic rings. The van der Waals surface area contributed by atoms with Gasteiger partial charge in [0.2, 0.25) is 0 Å². The molecule has 0 aliphatic carbocycles. The van der Waals surface area contributed by atoms with E-state index < -0.39 is 35.3 Å². The van der Waals surface area contributed by atoms with Crippen LogP contribution in [0.5, 0.6) is 5.75 Å². The molecule has 18 heavy (non-hydrogen) atoms. The lowest BCUT2D eigenvalue weighted by Gasteiger charge is -2.18. The van der Waals surface area contributed by atoms with Gasteiger partial charge in [-0.15, -0.1) is 0 Å². The predicted molar refractivity (Wildman–Crippen MR) is 51.0 cm³/mol. The van der Waals surface area contributed by atoms with Gasteiger partial charge in [0.05, 0.1) is 12.7 Å². The van der Waals surface area contributed by atoms with Crippen molar-refractivity contribution in [3.05, 3.63) is 29.3 Å². The third-order valence-electron chi connectivity index (χ3n) is 2.24. The molecule has 0 radical (unpaired) electrons.